The number of benzene rings is 2. The molecule has 2 N–H and O–H groups in total. The number of nitrogens with one attached hydrogen (secondary N) is 2. The average molecular weight is 490 g/mol. The van der Waals surface area contributed by atoms with Gasteiger partial charge in [0.2, 0.25) is 17.7 Å². The van der Waals surface area contributed by atoms with Gasteiger partial charge in [-0.2, -0.15) is 0 Å². The van der Waals surface area contributed by atoms with Crippen molar-refractivity contribution in [2.45, 2.75) is 32.7 Å². The molecule has 0 aliphatic rings. The van der Waals surface area contributed by atoms with Crippen molar-refractivity contribution in [2.75, 3.05) is 12.4 Å². The fraction of sp³-hybridized carbons (Fsp3) is 0.222. The first-order chi connectivity index (χ1) is 17.0. The average Bonchev–Trinajstić information content (AvgIpc) is 3.51. The highest BCUT2D eigenvalue weighted by Crippen LogP contribution is 2.24. The highest BCUT2D eigenvalue weighted by atomic mass is 32.1. The number of carbonyl (C=O) groups excluding carboxylic acids is 2. The molecule has 180 valence electrons. The van der Waals surface area contributed by atoms with Gasteiger partial charge in [-0.3, -0.25) is 9.59 Å². The molecule has 0 bridgehead atoms. The van der Waals surface area contributed by atoms with E-state index in [-0.39, 0.29) is 11.8 Å². The Hall–Kier alpha value is -3.91. The molecule has 35 heavy (non-hydrogen) atoms. The maximum atomic E-state index is 12.3. The maximum Gasteiger partial charge on any atom is 0.226 e. The van der Waals surface area contributed by atoms with E-state index in [1.165, 1.54) is 0 Å². The van der Waals surface area contributed by atoms with E-state index in [0.29, 0.717) is 48.8 Å². The molecule has 2 aromatic carbocycles. The molecule has 0 aliphatic carbocycles. The van der Waals surface area contributed by atoms with Crippen LogP contribution in [0.15, 0.2) is 70.5 Å². The minimum atomic E-state index is -0.0545. The Labute approximate surface area is 208 Å². The van der Waals surface area contributed by atoms with Crippen molar-refractivity contribution in [3.63, 3.8) is 0 Å². The second kappa shape index (κ2) is 11.5. The number of ether oxygens (including phenoxy) is 1. The highest BCUT2D eigenvalue weighted by molar-refractivity contribution is 7.10. The predicted molar refractivity (Wildman–Crippen MR) is 136 cm³/mol. The Balaban J connectivity index is 1.28. The Morgan fingerprint density at radius 1 is 1.03 bits per heavy atom. The number of amides is 2. The van der Waals surface area contributed by atoms with Crippen molar-refractivity contribution < 1.29 is 18.7 Å². The van der Waals surface area contributed by atoms with Crippen LogP contribution in [0.25, 0.3) is 11.5 Å². The lowest BCUT2D eigenvalue weighted by Gasteiger charge is -2.06. The van der Waals surface area contributed by atoms with E-state index in [9.17, 15) is 9.59 Å². The van der Waals surface area contributed by atoms with Gasteiger partial charge in [0, 0.05) is 22.5 Å². The molecule has 0 spiro atoms. The number of hydrogen-bond donors (Lipinski definition) is 2. The van der Waals surface area contributed by atoms with Gasteiger partial charge in [0.15, 0.2) is 0 Å². The summed E-state index contributed by atoms with van der Waals surface area (Å²) in [6, 6.07) is 18.9. The first kappa shape index (κ1) is 24.2. The molecule has 0 fully saturated rings. The lowest BCUT2D eigenvalue weighted by Crippen LogP contribution is -2.24. The molecule has 0 atom stereocenters. The van der Waals surface area contributed by atoms with Gasteiger partial charge < -0.3 is 19.8 Å². The zero-order chi connectivity index (χ0) is 24.6. The number of aromatic nitrogens is 1. The van der Waals surface area contributed by atoms with Crippen LogP contribution < -0.4 is 15.4 Å². The summed E-state index contributed by atoms with van der Waals surface area (Å²) in [5.41, 5.74) is 3.27. The zero-order valence-electron chi connectivity index (χ0n) is 19.7. The minimum absolute atomic E-state index is 0.0523. The van der Waals surface area contributed by atoms with E-state index >= 15 is 0 Å². The third-order valence-corrected chi connectivity index (χ3v) is 6.35. The van der Waals surface area contributed by atoms with Crippen LogP contribution in [-0.2, 0) is 29.0 Å². The van der Waals surface area contributed by atoms with Crippen molar-refractivity contribution in [1.29, 1.82) is 0 Å². The van der Waals surface area contributed by atoms with Crippen molar-refractivity contribution in [3.8, 4) is 17.2 Å². The quantitative estimate of drug-likeness (QED) is 0.321. The van der Waals surface area contributed by atoms with Gasteiger partial charge >= 0.3 is 0 Å². The summed E-state index contributed by atoms with van der Waals surface area (Å²) in [5.74, 6) is 1.82. The Kier molecular flexibility index (Phi) is 7.95. The summed E-state index contributed by atoms with van der Waals surface area (Å²) in [6.45, 7) is 2.14. The standard InChI is InChI=1S/C27H27N3O4S/c1-18-24(17-28-26(32)16-23-4-3-15-35-23)30-27(34-18)20-8-10-21(11-9-20)29-25(31)14-7-19-5-12-22(33-2)13-6-19/h3-6,8-13,15H,7,14,16-17H2,1-2H3,(H,28,32)(H,29,31). The minimum Gasteiger partial charge on any atom is -0.497 e. The fourth-order valence-electron chi connectivity index (χ4n) is 3.50. The van der Waals surface area contributed by atoms with E-state index in [1.807, 2.05) is 73.0 Å². The largest absolute Gasteiger partial charge is 0.497 e. The van der Waals surface area contributed by atoms with Crippen LogP contribution in [0.3, 0.4) is 0 Å². The molecule has 4 rings (SSSR count). The normalized spacial score (nSPS) is 10.7. The number of carbonyl (C=O) groups is 2. The number of aryl methyl sites for hydroxylation is 2. The summed E-state index contributed by atoms with van der Waals surface area (Å²) < 4.78 is 11.0. The number of thiophene rings is 1. The second-order valence-electron chi connectivity index (χ2n) is 8.03. The van der Waals surface area contributed by atoms with Gasteiger partial charge in [0.25, 0.3) is 0 Å². The first-order valence-electron chi connectivity index (χ1n) is 11.3. The van der Waals surface area contributed by atoms with Crippen LogP contribution in [-0.4, -0.2) is 23.9 Å². The SMILES string of the molecule is COc1ccc(CCC(=O)Nc2ccc(-c3nc(CNC(=O)Cc4cccs4)c(C)o3)cc2)cc1. The molecular weight excluding hydrogens is 462 g/mol. The van der Waals surface area contributed by atoms with Crippen molar-refractivity contribution in [1.82, 2.24) is 10.3 Å². The molecule has 4 aromatic rings. The van der Waals surface area contributed by atoms with Crippen LogP contribution in [0.4, 0.5) is 5.69 Å². The molecule has 2 amide bonds. The molecule has 2 aromatic heterocycles. The third-order valence-electron chi connectivity index (χ3n) is 5.48. The van der Waals surface area contributed by atoms with E-state index in [2.05, 4.69) is 15.6 Å². The van der Waals surface area contributed by atoms with Crippen molar-refractivity contribution in [3.05, 3.63) is 87.9 Å². The molecule has 0 aliphatic heterocycles. The zero-order valence-corrected chi connectivity index (χ0v) is 20.5. The van der Waals surface area contributed by atoms with Crippen LogP contribution in [0.2, 0.25) is 0 Å². The van der Waals surface area contributed by atoms with Crippen molar-refractivity contribution in [2.24, 2.45) is 0 Å². The van der Waals surface area contributed by atoms with Gasteiger partial charge in [-0.05, 0) is 66.8 Å². The van der Waals surface area contributed by atoms with Gasteiger partial charge in [-0.25, -0.2) is 4.98 Å². The highest BCUT2D eigenvalue weighted by Gasteiger charge is 2.13. The van der Waals surface area contributed by atoms with Crippen molar-refractivity contribution >= 4 is 28.8 Å². The number of anilines is 1. The number of hydrogen-bond acceptors (Lipinski definition) is 6. The van der Waals surface area contributed by atoms with E-state index in [0.717, 1.165) is 21.8 Å². The lowest BCUT2D eigenvalue weighted by molar-refractivity contribution is -0.120. The molecule has 0 saturated carbocycles. The third kappa shape index (κ3) is 6.80. The summed E-state index contributed by atoms with van der Waals surface area (Å²) in [4.78, 5) is 30.0. The monoisotopic (exact) mass is 489 g/mol. The maximum absolute atomic E-state index is 12.3. The molecule has 0 unspecified atom stereocenters. The summed E-state index contributed by atoms with van der Waals surface area (Å²) in [7, 11) is 1.63. The second-order valence-corrected chi connectivity index (χ2v) is 9.06. The lowest BCUT2D eigenvalue weighted by atomic mass is 10.1. The number of oxazole rings is 1. The Morgan fingerprint density at radius 2 is 1.80 bits per heavy atom. The van der Waals surface area contributed by atoms with Crippen LogP contribution >= 0.6 is 11.3 Å². The van der Waals surface area contributed by atoms with E-state index in [1.54, 1.807) is 18.4 Å². The predicted octanol–water partition coefficient (Wildman–Crippen LogP) is 5.15. The summed E-state index contributed by atoms with van der Waals surface area (Å²) in [6.07, 6.45) is 1.39. The molecule has 0 saturated heterocycles. The molecule has 2 heterocycles. The van der Waals surface area contributed by atoms with E-state index < -0.39 is 0 Å². The van der Waals surface area contributed by atoms with Gasteiger partial charge in [0.05, 0.1) is 20.1 Å². The molecular formula is C27H27N3O4S. The number of nitrogens with zero attached hydrogens (tertiary/aromatic N) is 1. The Morgan fingerprint density at radius 3 is 2.49 bits per heavy atom. The number of rotatable bonds is 10. The van der Waals surface area contributed by atoms with Crippen LogP contribution in [0, 0.1) is 6.92 Å². The molecule has 0 radical (unpaired) electrons. The Bertz CT molecular complexity index is 1260. The van der Waals surface area contributed by atoms with Gasteiger partial charge in [-0.1, -0.05) is 18.2 Å². The van der Waals surface area contributed by atoms with Crippen LogP contribution in [0.5, 0.6) is 5.75 Å². The smallest absolute Gasteiger partial charge is 0.226 e. The van der Waals surface area contributed by atoms with Crippen LogP contribution in [0.1, 0.15) is 28.3 Å². The van der Waals surface area contributed by atoms with E-state index in [4.69, 9.17) is 9.15 Å². The first-order valence-corrected chi connectivity index (χ1v) is 12.2. The fourth-order valence-corrected chi connectivity index (χ4v) is 4.20. The topological polar surface area (TPSA) is 93.5 Å². The van der Waals surface area contributed by atoms with Gasteiger partial charge in [0.1, 0.15) is 17.2 Å². The molecule has 8 heteroatoms. The summed E-state index contributed by atoms with van der Waals surface area (Å²) >= 11 is 1.56. The number of methoxy groups -OCH3 is 1. The van der Waals surface area contributed by atoms with Gasteiger partial charge in [-0.15, -0.1) is 11.3 Å². The summed E-state index contributed by atoms with van der Waals surface area (Å²) in [5, 5.41) is 7.77. The molecule has 7 nitrogen and oxygen atoms in total.